The van der Waals surface area contributed by atoms with Gasteiger partial charge >= 0.3 is 29.3 Å². The number of unbranched alkanes of at least 4 members (excludes halogenated alkanes) is 1. The number of hydrogen-bond acceptors (Lipinski definition) is 7. The van der Waals surface area contributed by atoms with Crippen molar-refractivity contribution in [2.75, 3.05) is 19.8 Å². The van der Waals surface area contributed by atoms with Gasteiger partial charge in [-0.2, -0.15) is 0 Å². The normalized spacial score (nSPS) is 8.25. The van der Waals surface area contributed by atoms with E-state index in [1.807, 2.05) is 0 Å². The molecule has 1 N–H and O–H groups in total. The summed E-state index contributed by atoms with van der Waals surface area (Å²) in [7, 11) is 0. The summed E-state index contributed by atoms with van der Waals surface area (Å²) in [4.78, 5) is 41.3. The second-order valence-corrected chi connectivity index (χ2v) is 4.44. The molecule has 7 nitrogen and oxygen atoms in total. The maximum atomic E-state index is 10.4. The molecule has 0 unspecified atom stereocenters. The van der Waals surface area contributed by atoms with E-state index in [2.05, 4.69) is 16.4 Å². The van der Waals surface area contributed by atoms with Crippen LogP contribution in [0.15, 0.2) is 0 Å². The Kier molecular flexibility index (Phi) is 30.7. The molecule has 0 bridgehead atoms. The third kappa shape index (κ3) is 37.2. The summed E-state index contributed by atoms with van der Waals surface area (Å²) in [6.07, 6.45) is 1.83. The van der Waals surface area contributed by atoms with Crippen LogP contribution in [0.3, 0.4) is 0 Å². The molecule has 0 spiro atoms. The number of carbonyl (C=O) groups is 4. The van der Waals surface area contributed by atoms with Gasteiger partial charge in [0.2, 0.25) is 0 Å². The summed E-state index contributed by atoms with van der Waals surface area (Å²) in [5, 5.41) is 8.07. The number of rotatable bonds is 8. The first kappa shape index (κ1) is 30.6. The Balaban J connectivity index is -0.000000128. The van der Waals surface area contributed by atoms with E-state index in [1.54, 1.807) is 13.8 Å². The number of hydrogen-bond donors (Lipinski definition) is 1. The van der Waals surface area contributed by atoms with Crippen molar-refractivity contribution in [3.05, 3.63) is 0 Å². The Bertz CT molecular complexity index is 311. The van der Waals surface area contributed by atoms with Crippen LogP contribution in [-0.4, -0.2) is 65.8 Å². The third-order valence-electron chi connectivity index (χ3n) is 1.91. The van der Waals surface area contributed by atoms with Gasteiger partial charge in [-0.25, -0.2) is 0 Å². The van der Waals surface area contributed by atoms with E-state index in [0.717, 1.165) is 12.8 Å². The van der Waals surface area contributed by atoms with Gasteiger partial charge in [0.05, 0.1) is 13.2 Å². The van der Waals surface area contributed by atoms with E-state index in [1.165, 1.54) is 13.8 Å². The van der Waals surface area contributed by atoms with Crippen LogP contribution < -0.4 is 0 Å². The predicted octanol–water partition coefficient (Wildman–Crippen LogP) is 1.46. The van der Waals surface area contributed by atoms with Crippen molar-refractivity contribution in [1.82, 2.24) is 0 Å². The number of aliphatic hydroxyl groups is 1. The fourth-order valence-electron chi connectivity index (χ4n) is 0.989. The molecule has 0 heterocycles. The average Bonchev–Trinajstić information content (AvgIpc) is 2.39. The van der Waals surface area contributed by atoms with Crippen LogP contribution in [0, 0.1) is 0 Å². The first-order chi connectivity index (χ1) is 10.7. The largest absolute Gasteiger partial charge is 3.00 e. The number of carbonyl (C=O) groups excluding carboxylic acids is 4. The second kappa shape index (κ2) is 24.0. The first-order valence-corrected chi connectivity index (χ1v) is 7.65. The van der Waals surface area contributed by atoms with Gasteiger partial charge in [0.15, 0.2) is 0 Å². The van der Waals surface area contributed by atoms with Crippen molar-refractivity contribution in [1.29, 1.82) is 0 Å². The second-order valence-electron chi connectivity index (χ2n) is 4.44. The summed E-state index contributed by atoms with van der Waals surface area (Å²) in [6, 6.07) is 0. The molecule has 0 aliphatic heterocycles. The van der Waals surface area contributed by atoms with E-state index in [4.69, 9.17) is 5.11 Å². The quantitative estimate of drug-likeness (QED) is 0.396. The van der Waals surface area contributed by atoms with Gasteiger partial charge < -0.3 is 14.6 Å². The van der Waals surface area contributed by atoms with Gasteiger partial charge in [-0.3, -0.25) is 19.2 Å². The zero-order valence-corrected chi connectivity index (χ0v) is 16.6. The smallest absolute Gasteiger partial charge is 0.466 e. The van der Waals surface area contributed by atoms with Gasteiger partial charge in [0.25, 0.3) is 0 Å². The molecule has 0 aromatic carbocycles. The van der Waals surface area contributed by atoms with Crippen LogP contribution in [-0.2, 0) is 28.7 Å². The van der Waals surface area contributed by atoms with E-state index < -0.39 is 11.9 Å². The van der Waals surface area contributed by atoms with Crippen LogP contribution in [0.2, 0.25) is 0 Å². The van der Waals surface area contributed by atoms with E-state index >= 15 is 0 Å². The van der Waals surface area contributed by atoms with Crippen LogP contribution in [0.1, 0.15) is 60.3 Å². The Morgan fingerprint density at radius 1 is 0.792 bits per heavy atom. The number of ether oxygens (including phenoxy) is 2. The van der Waals surface area contributed by atoms with Crippen LogP contribution in [0.5, 0.6) is 0 Å². The molecular weight excluding hydrogens is 331 g/mol. The summed E-state index contributed by atoms with van der Waals surface area (Å²) >= 11 is 0. The molecule has 0 fully saturated rings. The van der Waals surface area contributed by atoms with Crippen molar-refractivity contribution in [3.63, 3.8) is 0 Å². The zero-order chi connectivity index (χ0) is 18.7. The van der Waals surface area contributed by atoms with Crippen molar-refractivity contribution in [3.8, 4) is 0 Å². The molecule has 0 saturated heterocycles. The summed E-state index contributed by atoms with van der Waals surface area (Å²) in [6.45, 7) is 9.20. The third-order valence-corrected chi connectivity index (χ3v) is 1.91. The molecule has 0 amide bonds. The molecule has 0 saturated carbocycles. The van der Waals surface area contributed by atoms with E-state index in [-0.39, 0.29) is 41.8 Å². The number of esters is 2. The molecule has 0 radical (unpaired) electrons. The molecule has 0 aromatic heterocycles. The number of ketones is 2. The Morgan fingerprint density at radius 2 is 1.12 bits per heavy atom. The number of Topliss-reactive ketones (excluding diaryl/α,β-unsaturated/α-hetero) is 2. The fourth-order valence-corrected chi connectivity index (χ4v) is 0.989. The van der Waals surface area contributed by atoms with Crippen molar-refractivity contribution >= 4 is 40.9 Å². The van der Waals surface area contributed by atoms with E-state index in [9.17, 15) is 19.2 Å². The monoisotopic (exact) mass is 361 g/mol. The van der Waals surface area contributed by atoms with Crippen LogP contribution in [0.25, 0.3) is 0 Å². The Hall–Kier alpha value is -1.23. The molecule has 136 valence electrons. The van der Waals surface area contributed by atoms with E-state index in [0.29, 0.717) is 19.8 Å². The molecule has 0 aliphatic rings. The van der Waals surface area contributed by atoms with Gasteiger partial charge in [-0.1, -0.05) is 13.3 Å². The molecule has 24 heavy (non-hydrogen) atoms. The predicted molar refractivity (Wildman–Crippen MR) is 91.6 cm³/mol. The molecule has 0 atom stereocenters. The Labute approximate surface area is 155 Å². The standard InChI is InChI=1S/2C6H10O3.C4H10O.Al/c2*1-3-9-6(8)4-5(2)7;1-2-3-4-5;/h2*3-4H2,1-2H3;5H,2-4H2,1H3;/q;;;+3. The fraction of sp³-hybridized carbons (Fsp3) is 0.750. The van der Waals surface area contributed by atoms with Crippen LogP contribution >= 0.6 is 0 Å². The zero-order valence-electron chi connectivity index (χ0n) is 15.4. The molecule has 0 rings (SSSR count). The summed E-state index contributed by atoms with van der Waals surface area (Å²) in [5.41, 5.74) is 0. The maximum absolute atomic E-state index is 10.4. The minimum atomic E-state index is -0.440. The topological polar surface area (TPSA) is 107 Å². The molecule has 0 aromatic rings. The first-order valence-electron chi connectivity index (χ1n) is 7.65. The Morgan fingerprint density at radius 3 is 1.25 bits per heavy atom. The summed E-state index contributed by atoms with van der Waals surface area (Å²) in [5.74, 6) is -1.20. The van der Waals surface area contributed by atoms with Gasteiger partial charge in [-0.05, 0) is 34.1 Å². The van der Waals surface area contributed by atoms with Gasteiger partial charge in [-0.15, -0.1) is 0 Å². The number of aliphatic hydroxyl groups excluding tert-OH is 1. The molecule has 8 heteroatoms. The molecule has 0 aliphatic carbocycles. The molecular formula is C16H30AlO7+3. The van der Waals surface area contributed by atoms with Crippen molar-refractivity contribution in [2.24, 2.45) is 0 Å². The van der Waals surface area contributed by atoms with Crippen molar-refractivity contribution in [2.45, 2.75) is 60.3 Å². The maximum Gasteiger partial charge on any atom is 3.00 e. The summed E-state index contributed by atoms with van der Waals surface area (Å²) < 4.78 is 8.99. The minimum absolute atomic E-state index is 0. The average molecular weight is 361 g/mol. The SMILES string of the molecule is CCCCO.CCOC(=O)CC(C)=O.CCOC(=O)CC(C)=O.[Al+3]. The van der Waals surface area contributed by atoms with Crippen molar-refractivity contribution < 1.29 is 33.8 Å². The van der Waals surface area contributed by atoms with Crippen LogP contribution in [0.4, 0.5) is 0 Å². The van der Waals surface area contributed by atoms with Gasteiger partial charge in [0, 0.05) is 6.61 Å². The van der Waals surface area contributed by atoms with Gasteiger partial charge in [0.1, 0.15) is 24.4 Å². The minimum Gasteiger partial charge on any atom is -0.466 e.